The van der Waals surface area contributed by atoms with Crippen molar-refractivity contribution < 1.29 is 52.4 Å². The van der Waals surface area contributed by atoms with Crippen LogP contribution in [0.15, 0.2) is 47.4 Å². The molecule has 1 N–H and O–H groups in total. The zero-order chi connectivity index (χ0) is 23.2. The smallest absolute Gasteiger partial charge is 0.872 e. The van der Waals surface area contributed by atoms with Gasteiger partial charge in [-0.3, -0.25) is 4.55 Å². The van der Waals surface area contributed by atoms with Crippen molar-refractivity contribution in [3.8, 4) is 17.2 Å². The average molecular weight is 485 g/mol. The van der Waals surface area contributed by atoms with Crippen LogP contribution in [0.25, 0.3) is 0 Å². The van der Waals surface area contributed by atoms with Gasteiger partial charge >= 0.3 is 29.6 Å². The third kappa shape index (κ3) is 11.8. The van der Waals surface area contributed by atoms with Gasteiger partial charge in [-0.1, -0.05) is 95.8 Å². The Balaban J connectivity index is 0.00000544. The van der Waals surface area contributed by atoms with Gasteiger partial charge in [0, 0.05) is 6.07 Å². The summed E-state index contributed by atoms with van der Waals surface area (Å²) in [4.78, 5) is -0.438. The van der Waals surface area contributed by atoms with Crippen molar-refractivity contribution in [3.63, 3.8) is 0 Å². The second kappa shape index (κ2) is 16.6. The molecule has 2 rings (SSSR count). The molecule has 0 aliphatic rings. The molecule has 0 heterocycles. The summed E-state index contributed by atoms with van der Waals surface area (Å²) in [5.74, 6) is 0.281. The molecule has 0 aromatic heterocycles. The summed E-state index contributed by atoms with van der Waals surface area (Å²) in [6.45, 7) is 2.24. The maximum Gasteiger partial charge on any atom is 1.00 e. The van der Waals surface area contributed by atoms with E-state index in [1.165, 1.54) is 63.9 Å². The predicted octanol–water partition coefficient (Wildman–Crippen LogP) is 4.05. The van der Waals surface area contributed by atoms with Crippen LogP contribution in [0.4, 0.5) is 0 Å². The van der Waals surface area contributed by atoms with Crippen LogP contribution in [0.3, 0.4) is 0 Å². The SMILES string of the molecule is CCCCCCCCCCCCCCc1c([O-])cc(S(=O)(=O)O)cc1Oc1ccccc1.[Na+]. The molecule has 0 saturated carbocycles. The molecular formula is C26H37NaO5S. The molecule has 33 heavy (non-hydrogen) atoms. The number of hydrogen-bond donors (Lipinski definition) is 1. The van der Waals surface area contributed by atoms with Gasteiger partial charge in [0.2, 0.25) is 0 Å². The molecule has 0 aliphatic carbocycles. The van der Waals surface area contributed by atoms with Crippen molar-refractivity contribution in [2.45, 2.75) is 95.3 Å². The molecule has 0 fully saturated rings. The Kier molecular flexibility index (Phi) is 15.0. The van der Waals surface area contributed by atoms with Gasteiger partial charge in [-0.05, 0) is 36.6 Å². The third-order valence-corrected chi connectivity index (χ3v) is 6.52. The van der Waals surface area contributed by atoms with Gasteiger partial charge in [0.15, 0.2) is 0 Å². The second-order valence-electron chi connectivity index (χ2n) is 8.43. The van der Waals surface area contributed by atoms with Gasteiger partial charge in [-0.2, -0.15) is 8.42 Å². The summed E-state index contributed by atoms with van der Waals surface area (Å²) in [5.41, 5.74) is 0.452. The van der Waals surface area contributed by atoms with E-state index in [1.54, 1.807) is 24.3 Å². The van der Waals surface area contributed by atoms with Crippen LogP contribution in [0.1, 0.15) is 89.5 Å². The van der Waals surface area contributed by atoms with E-state index in [4.69, 9.17) is 4.74 Å². The first-order valence-corrected chi connectivity index (χ1v) is 13.4. The predicted molar refractivity (Wildman–Crippen MR) is 127 cm³/mol. The monoisotopic (exact) mass is 484 g/mol. The van der Waals surface area contributed by atoms with Crippen LogP contribution in [0.5, 0.6) is 17.2 Å². The molecule has 2 aromatic rings. The normalized spacial score (nSPS) is 11.2. The van der Waals surface area contributed by atoms with Gasteiger partial charge < -0.3 is 9.84 Å². The van der Waals surface area contributed by atoms with Gasteiger partial charge in [0.1, 0.15) is 11.5 Å². The van der Waals surface area contributed by atoms with Crippen molar-refractivity contribution in [2.24, 2.45) is 0 Å². The fraction of sp³-hybridized carbons (Fsp3) is 0.538. The minimum Gasteiger partial charge on any atom is -0.872 e. The van der Waals surface area contributed by atoms with Crippen LogP contribution in [-0.2, 0) is 16.5 Å². The number of ether oxygens (including phenoxy) is 1. The largest absolute Gasteiger partial charge is 1.00 e. The maximum absolute atomic E-state index is 12.6. The first kappa shape index (κ1) is 30.0. The molecule has 0 atom stereocenters. The number of benzene rings is 2. The summed E-state index contributed by atoms with van der Waals surface area (Å²) in [7, 11) is -4.48. The first-order chi connectivity index (χ1) is 15.4. The van der Waals surface area contributed by atoms with E-state index in [1.807, 2.05) is 6.07 Å². The summed E-state index contributed by atoms with van der Waals surface area (Å²) in [6.07, 6.45) is 15.3. The fourth-order valence-electron chi connectivity index (χ4n) is 3.84. The van der Waals surface area contributed by atoms with Crippen LogP contribution in [0.2, 0.25) is 0 Å². The van der Waals surface area contributed by atoms with Crippen molar-refractivity contribution in [1.82, 2.24) is 0 Å². The molecule has 178 valence electrons. The zero-order valence-electron chi connectivity index (χ0n) is 20.2. The molecule has 0 amide bonds. The second-order valence-corrected chi connectivity index (χ2v) is 9.85. The Morgan fingerprint density at radius 3 is 1.85 bits per heavy atom. The Bertz CT molecular complexity index is 900. The molecule has 5 nitrogen and oxygen atoms in total. The first-order valence-electron chi connectivity index (χ1n) is 12.0. The zero-order valence-corrected chi connectivity index (χ0v) is 23.0. The molecule has 2 aromatic carbocycles. The van der Waals surface area contributed by atoms with Gasteiger partial charge in [-0.25, -0.2) is 0 Å². The number of hydrogen-bond acceptors (Lipinski definition) is 4. The van der Waals surface area contributed by atoms with E-state index in [2.05, 4.69) is 6.92 Å². The molecule has 7 heteroatoms. The molecule has 0 saturated heterocycles. The van der Waals surface area contributed by atoms with Gasteiger partial charge in [0.05, 0.1) is 4.90 Å². The molecule has 0 aliphatic heterocycles. The minimum atomic E-state index is -4.48. The van der Waals surface area contributed by atoms with E-state index in [0.717, 1.165) is 25.3 Å². The Labute approximate surface area is 222 Å². The molecule has 0 bridgehead atoms. The number of rotatable bonds is 16. The van der Waals surface area contributed by atoms with Crippen LogP contribution >= 0.6 is 0 Å². The van der Waals surface area contributed by atoms with Gasteiger partial charge in [0.25, 0.3) is 10.1 Å². The Morgan fingerprint density at radius 2 is 1.33 bits per heavy atom. The Morgan fingerprint density at radius 1 is 0.818 bits per heavy atom. The molecule has 0 radical (unpaired) electrons. The number of para-hydroxylation sites is 1. The van der Waals surface area contributed by atoms with E-state index < -0.39 is 20.8 Å². The maximum atomic E-state index is 12.6. The third-order valence-electron chi connectivity index (χ3n) is 5.69. The number of unbranched alkanes of at least 4 members (excludes halogenated alkanes) is 11. The summed E-state index contributed by atoms with van der Waals surface area (Å²) in [5, 5.41) is 12.6. The van der Waals surface area contributed by atoms with Crippen LogP contribution < -0.4 is 39.4 Å². The van der Waals surface area contributed by atoms with Gasteiger partial charge in [-0.15, -0.1) is 5.75 Å². The summed E-state index contributed by atoms with van der Waals surface area (Å²) < 4.78 is 38.2. The Hall–Kier alpha value is -1.05. The average Bonchev–Trinajstić information content (AvgIpc) is 2.76. The summed E-state index contributed by atoms with van der Waals surface area (Å²) >= 11 is 0. The molecule has 0 unspecified atom stereocenters. The van der Waals surface area contributed by atoms with Crippen molar-refractivity contribution in [3.05, 3.63) is 48.0 Å². The van der Waals surface area contributed by atoms with E-state index >= 15 is 0 Å². The van der Waals surface area contributed by atoms with E-state index in [9.17, 15) is 18.1 Å². The standard InChI is InChI=1S/C26H38O5S.Na/c1-2-3-4-5-6-7-8-9-10-11-12-16-19-24-25(27)20-23(32(28,29)30)21-26(24)31-22-17-14-13-15-18-22;/h13-15,17-18,20-21,27H,2-12,16,19H2,1H3,(H,28,29,30);/q;+1/p-1. The summed E-state index contributed by atoms with van der Waals surface area (Å²) in [6, 6.07) is 11.1. The topological polar surface area (TPSA) is 86.7 Å². The fourth-order valence-corrected chi connectivity index (χ4v) is 4.35. The molecular weight excluding hydrogens is 447 g/mol. The molecule has 0 spiro atoms. The van der Waals surface area contributed by atoms with Crippen molar-refractivity contribution in [2.75, 3.05) is 0 Å². The van der Waals surface area contributed by atoms with Crippen LogP contribution in [0, 0.1) is 0 Å². The van der Waals surface area contributed by atoms with Crippen LogP contribution in [-0.4, -0.2) is 13.0 Å². The quantitative estimate of drug-likeness (QED) is 0.221. The minimum absolute atomic E-state index is 0. The van der Waals surface area contributed by atoms with E-state index in [-0.39, 0.29) is 35.3 Å². The van der Waals surface area contributed by atoms with Crippen molar-refractivity contribution in [1.29, 1.82) is 0 Å². The van der Waals surface area contributed by atoms with E-state index in [0.29, 0.717) is 17.7 Å². The van der Waals surface area contributed by atoms with Crippen molar-refractivity contribution >= 4 is 10.1 Å².